The molecule has 0 bridgehead atoms. The summed E-state index contributed by atoms with van der Waals surface area (Å²) in [4.78, 5) is 32.8. The van der Waals surface area contributed by atoms with Gasteiger partial charge in [0.2, 0.25) is 0 Å². The largest absolute Gasteiger partial charge is 0.497 e. The van der Waals surface area contributed by atoms with E-state index in [1.807, 2.05) is 55.5 Å². The smallest absolute Gasteiger partial charge is 0.278 e. The van der Waals surface area contributed by atoms with Crippen molar-refractivity contribution in [3.63, 3.8) is 0 Å². The number of methoxy groups -OCH3 is 1. The number of carbonyl (C=O) groups excluding carboxylic acids is 2. The summed E-state index contributed by atoms with van der Waals surface area (Å²) in [7, 11) is 1.61. The van der Waals surface area contributed by atoms with E-state index in [0.717, 1.165) is 55.2 Å². The Balaban J connectivity index is 1.69. The Bertz CT molecular complexity index is 988. The van der Waals surface area contributed by atoms with Crippen molar-refractivity contribution in [3.05, 3.63) is 70.9 Å². The zero-order chi connectivity index (χ0) is 22.0. The number of hydrogen-bond acceptors (Lipinski definition) is 5. The lowest BCUT2D eigenvalue weighted by Crippen LogP contribution is -2.47. The van der Waals surface area contributed by atoms with Crippen molar-refractivity contribution in [1.82, 2.24) is 14.7 Å². The van der Waals surface area contributed by atoms with E-state index in [2.05, 4.69) is 16.7 Å². The second kappa shape index (κ2) is 8.94. The molecule has 1 fully saturated rings. The number of hydrogen-bond donors (Lipinski definition) is 0. The van der Waals surface area contributed by atoms with Crippen LogP contribution in [-0.4, -0.2) is 66.3 Å². The summed E-state index contributed by atoms with van der Waals surface area (Å²) in [5.41, 5.74) is 3.86. The Kier molecular flexibility index (Phi) is 6.09. The molecule has 162 valence electrons. The molecule has 0 saturated carbocycles. The molecule has 31 heavy (non-hydrogen) atoms. The predicted molar refractivity (Wildman–Crippen MR) is 120 cm³/mol. The first-order valence-corrected chi connectivity index (χ1v) is 10.8. The summed E-state index contributed by atoms with van der Waals surface area (Å²) in [6.07, 6.45) is 0. The molecule has 2 aliphatic rings. The summed E-state index contributed by atoms with van der Waals surface area (Å²) in [6.45, 7) is 8.67. The van der Waals surface area contributed by atoms with Crippen LogP contribution in [0.25, 0.3) is 5.57 Å². The molecule has 0 aromatic heterocycles. The molecule has 6 heteroatoms. The van der Waals surface area contributed by atoms with Crippen molar-refractivity contribution in [2.75, 3.05) is 39.8 Å². The second-order valence-corrected chi connectivity index (χ2v) is 8.06. The van der Waals surface area contributed by atoms with Gasteiger partial charge in [-0.2, -0.15) is 0 Å². The van der Waals surface area contributed by atoms with E-state index < -0.39 is 0 Å². The summed E-state index contributed by atoms with van der Waals surface area (Å²) in [5, 5.41) is 0. The highest BCUT2D eigenvalue weighted by Gasteiger charge is 2.42. The minimum Gasteiger partial charge on any atom is -0.497 e. The van der Waals surface area contributed by atoms with Crippen molar-refractivity contribution in [2.45, 2.75) is 20.4 Å². The quantitative estimate of drug-likeness (QED) is 0.674. The third-order valence-corrected chi connectivity index (χ3v) is 6.12. The van der Waals surface area contributed by atoms with Crippen molar-refractivity contribution in [2.24, 2.45) is 0 Å². The Morgan fingerprint density at radius 1 is 0.871 bits per heavy atom. The van der Waals surface area contributed by atoms with Gasteiger partial charge >= 0.3 is 0 Å². The molecule has 1 saturated heterocycles. The predicted octanol–water partition coefficient (Wildman–Crippen LogP) is 2.92. The van der Waals surface area contributed by atoms with E-state index in [1.54, 1.807) is 7.11 Å². The minimum absolute atomic E-state index is 0.207. The van der Waals surface area contributed by atoms with Gasteiger partial charge < -0.3 is 14.5 Å². The number of nitrogens with zero attached hydrogens (tertiary/aromatic N) is 3. The molecule has 2 heterocycles. The fourth-order valence-corrected chi connectivity index (χ4v) is 4.18. The van der Waals surface area contributed by atoms with Crippen LogP contribution in [-0.2, 0) is 16.1 Å². The third kappa shape index (κ3) is 4.21. The van der Waals surface area contributed by atoms with Gasteiger partial charge in [0.1, 0.15) is 11.4 Å². The van der Waals surface area contributed by atoms with Crippen LogP contribution in [0.4, 0.5) is 0 Å². The maximum Gasteiger partial charge on any atom is 0.278 e. The molecule has 2 amide bonds. The molecule has 0 radical (unpaired) electrons. The SMILES string of the molecule is CCN1CCN(C2=C(c3ccc(OC)cc3)C(=O)N(Cc3ccc(C)cc3)C2=O)CC1. The van der Waals surface area contributed by atoms with Gasteiger partial charge in [-0.3, -0.25) is 14.5 Å². The third-order valence-electron chi connectivity index (χ3n) is 6.12. The van der Waals surface area contributed by atoms with E-state index >= 15 is 0 Å². The van der Waals surface area contributed by atoms with Crippen LogP contribution < -0.4 is 4.74 Å². The van der Waals surface area contributed by atoms with Crippen LogP contribution in [0, 0.1) is 6.92 Å². The van der Waals surface area contributed by atoms with E-state index in [-0.39, 0.29) is 18.4 Å². The fourth-order valence-electron chi connectivity index (χ4n) is 4.18. The van der Waals surface area contributed by atoms with Crippen LogP contribution >= 0.6 is 0 Å². The number of amides is 2. The molecule has 0 spiro atoms. The zero-order valence-electron chi connectivity index (χ0n) is 18.4. The lowest BCUT2D eigenvalue weighted by Gasteiger charge is -2.36. The van der Waals surface area contributed by atoms with E-state index in [1.165, 1.54) is 4.90 Å². The van der Waals surface area contributed by atoms with Gasteiger partial charge in [0.25, 0.3) is 11.8 Å². The van der Waals surface area contributed by atoms with Crippen LogP contribution in [0.2, 0.25) is 0 Å². The average Bonchev–Trinajstić information content (AvgIpc) is 3.05. The summed E-state index contributed by atoms with van der Waals surface area (Å²) >= 11 is 0. The van der Waals surface area contributed by atoms with E-state index in [0.29, 0.717) is 11.3 Å². The second-order valence-electron chi connectivity index (χ2n) is 8.06. The van der Waals surface area contributed by atoms with E-state index in [9.17, 15) is 9.59 Å². The number of carbonyl (C=O) groups is 2. The van der Waals surface area contributed by atoms with Gasteiger partial charge in [-0.05, 0) is 36.7 Å². The number of rotatable bonds is 6. The average molecular weight is 420 g/mol. The van der Waals surface area contributed by atoms with Crippen molar-refractivity contribution >= 4 is 17.4 Å². The highest BCUT2D eigenvalue weighted by atomic mass is 16.5. The molecule has 0 atom stereocenters. The fraction of sp³-hybridized carbons (Fsp3) is 0.360. The number of ether oxygens (including phenoxy) is 1. The Morgan fingerprint density at radius 3 is 2.10 bits per heavy atom. The van der Waals surface area contributed by atoms with Crippen molar-refractivity contribution in [3.8, 4) is 5.75 Å². The first-order chi connectivity index (χ1) is 15.0. The molecule has 2 aliphatic heterocycles. The lowest BCUT2D eigenvalue weighted by atomic mass is 10.0. The molecule has 0 aliphatic carbocycles. The van der Waals surface area contributed by atoms with Gasteiger partial charge in [0.15, 0.2) is 0 Å². The number of imide groups is 1. The van der Waals surface area contributed by atoms with Gasteiger partial charge in [-0.1, -0.05) is 48.9 Å². The molecule has 6 nitrogen and oxygen atoms in total. The lowest BCUT2D eigenvalue weighted by molar-refractivity contribution is -0.138. The summed E-state index contributed by atoms with van der Waals surface area (Å²) in [6, 6.07) is 15.3. The van der Waals surface area contributed by atoms with Crippen molar-refractivity contribution < 1.29 is 14.3 Å². The number of aryl methyl sites for hydroxylation is 1. The highest BCUT2D eigenvalue weighted by molar-refractivity contribution is 6.35. The number of piperazine rings is 1. The molecule has 2 aromatic rings. The standard InChI is InChI=1S/C25H29N3O3/c1-4-26-13-15-27(16-14-26)23-22(20-9-11-21(31-3)12-10-20)24(29)28(25(23)30)17-19-7-5-18(2)6-8-19/h5-12H,4,13-17H2,1-3H3. The summed E-state index contributed by atoms with van der Waals surface area (Å²) < 4.78 is 5.26. The maximum atomic E-state index is 13.5. The zero-order valence-corrected chi connectivity index (χ0v) is 18.4. The number of likely N-dealkylation sites (N-methyl/N-ethyl adjacent to an activating group) is 1. The highest BCUT2D eigenvalue weighted by Crippen LogP contribution is 2.34. The Hall–Kier alpha value is -3.12. The Labute approximate surface area is 183 Å². The van der Waals surface area contributed by atoms with Gasteiger partial charge in [-0.25, -0.2) is 0 Å². The van der Waals surface area contributed by atoms with Crippen LogP contribution in [0.1, 0.15) is 23.6 Å². The van der Waals surface area contributed by atoms with Gasteiger partial charge in [0.05, 0.1) is 19.2 Å². The van der Waals surface area contributed by atoms with E-state index in [4.69, 9.17) is 4.74 Å². The molecule has 0 unspecified atom stereocenters. The van der Waals surface area contributed by atoms with Crippen LogP contribution in [0.15, 0.2) is 54.2 Å². The first-order valence-electron chi connectivity index (χ1n) is 10.8. The van der Waals surface area contributed by atoms with Gasteiger partial charge in [-0.15, -0.1) is 0 Å². The van der Waals surface area contributed by atoms with Crippen LogP contribution in [0.3, 0.4) is 0 Å². The van der Waals surface area contributed by atoms with Gasteiger partial charge in [0, 0.05) is 26.2 Å². The minimum atomic E-state index is -0.233. The molecular formula is C25H29N3O3. The Morgan fingerprint density at radius 2 is 1.52 bits per heavy atom. The number of benzene rings is 2. The topological polar surface area (TPSA) is 53.1 Å². The van der Waals surface area contributed by atoms with Crippen LogP contribution in [0.5, 0.6) is 5.75 Å². The van der Waals surface area contributed by atoms with Crippen molar-refractivity contribution in [1.29, 1.82) is 0 Å². The molecular weight excluding hydrogens is 390 g/mol. The molecule has 4 rings (SSSR count). The molecule has 2 aromatic carbocycles. The first kappa shape index (κ1) is 21.1. The molecule has 0 N–H and O–H groups in total. The normalized spacial score (nSPS) is 17.6. The summed E-state index contributed by atoms with van der Waals surface area (Å²) in [5.74, 6) is 0.278. The maximum absolute atomic E-state index is 13.5. The monoisotopic (exact) mass is 419 g/mol.